The van der Waals surface area contributed by atoms with Crippen LogP contribution in [0.25, 0.3) is 0 Å². The predicted molar refractivity (Wildman–Crippen MR) is 176 cm³/mol. The van der Waals surface area contributed by atoms with Crippen LogP contribution in [0.3, 0.4) is 0 Å². The normalized spacial score (nSPS) is 11.9. The Morgan fingerprint density at radius 3 is 2.14 bits per heavy atom. The number of rotatable bonds is 12. The lowest BCUT2D eigenvalue weighted by molar-refractivity contribution is -0.140. The molecule has 0 aromatic heterocycles. The summed E-state index contributed by atoms with van der Waals surface area (Å²) in [5.74, 6) is -0.836. The van der Waals surface area contributed by atoms with Gasteiger partial charge in [-0.25, -0.2) is 8.42 Å². The van der Waals surface area contributed by atoms with E-state index >= 15 is 0 Å². The molecule has 1 atom stereocenters. The standard InChI is InChI=1S/C35H38ClN3O4S/c1-5-37-35(41)33(21-28-12-7-6-8-13-28)38(23-29-14-10-9-11-26(29)3)34(40)24-39(30-18-17-27(4)32(36)22-30)44(42,43)31-19-15-25(2)16-20-31/h6-20,22,33H,5,21,23-24H2,1-4H3,(H,37,41)/t33-/m0/s1. The summed E-state index contributed by atoms with van der Waals surface area (Å²) in [6.45, 7) is 7.42. The lowest BCUT2D eigenvalue weighted by Crippen LogP contribution is -2.53. The second-order valence-electron chi connectivity index (χ2n) is 10.8. The van der Waals surface area contributed by atoms with E-state index in [0.717, 1.165) is 32.1 Å². The number of halogens is 1. The molecule has 0 heterocycles. The van der Waals surface area contributed by atoms with Crippen LogP contribution in [0.5, 0.6) is 0 Å². The first kappa shape index (κ1) is 32.8. The molecule has 230 valence electrons. The molecule has 7 nitrogen and oxygen atoms in total. The Bertz CT molecular complexity index is 1710. The third kappa shape index (κ3) is 7.87. The fourth-order valence-corrected chi connectivity index (χ4v) is 6.50. The second kappa shape index (κ2) is 14.6. The SMILES string of the molecule is CCNC(=O)[C@H](Cc1ccccc1)N(Cc1ccccc1C)C(=O)CN(c1ccc(C)c(Cl)c1)S(=O)(=O)c1ccc(C)cc1. The van der Waals surface area contributed by atoms with Gasteiger partial charge in [-0.05, 0) is 74.2 Å². The zero-order chi connectivity index (χ0) is 31.9. The maximum atomic E-state index is 14.5. The molecule has 4 rings (SSSR count). The molecule has 4 aromatic carbocycles. The molecule has 0 saturated heterocycles. The topological polar surface area (TPSA) is 86.8 Å². The largest absolute Gasteiger partial charge is 0.355 e. The monoisotopic (exact) mass is 631 g/mol. The van der Waals surface area contributed by atoms with Gasteiger partial charge < -0.3 is 10.2 Å². The van der Waals surface area contributed by atoms with Crippen LogP contribution in [0.15, 0.2) is 102 Å². The molecule has 0 saturated carbocycles. The van der Waals surface area contributed by atoms with Crippen molar-refractivity contribution in [3.05, 3.63) is 130 Å². The van der Waals surface area contributed by atoms with Gasteiger partial charge in [0.1, 0.15) is 12.6 Å². The van der Waals surface area contributed by atoms with Crippen molar-refractivity contribution in [3.8, 4) is 0 Å². The number of anilines is 1. The van der Waals surface area contributed by atoms with Gasteiger partial charge >= 0.3 is 0 Å². The average Bonchev–Trinajstić information content (AvgIpc) is 3.00. The molecule has 0 unspecified atom stereocenters. The van der Waals surface area contributed by atoms with E-state index in [1.807, 2.05) is 82.3 Å². The highest BCUT2D eigenvalue weighted by molar-refractivity contribution is 7.92. The van der Waals surface area contributed by atoms with E-state index in [9.17, 15) is 18.0 Å². The smallest absolute Gasteiger partial charge is 0.264 e. The summed E-state index contributed by atoms with van der Waals surface area (Å²) >= 11 is 6.45. The summed E-state index contributed by atoms with van der Waals surface area (Å²) in [5, 5.41) is 3.25. The second-order valence-corrected chi connectivity index (χ2v) is 13.1. The Labute approximate surface area is 265 Å². The van der Waals surface area contributed by atoms with E-state index in [0.29, 0.717) is 11.6 Å². The Morgan fingerprint density at radius 2 is 1.50 bits per heavy atom. The van der Waals surface area contributed by atoms with Crippen LogP contribution < -0.4 is 9.62 Å². The fourth-order valence-electron chi connectivity index (χ4n) is 4.92. The van der Waals surface area contributed by atoms with Crippen molar-refractivity contribution in [1.29, 1.82) is 0 Å². The number of carbonyl (C=O) groups is 2. The molecule has 0 aliphatic carbocycles. The lowest BCUT2D eigenvalue weighted by atomic mass is 10.0. The van der Waals surface area contributed by atoms with Crippen molar-refractivity contribution in [3.63, 3.8) is 0 Å². The highest BCUT2D eigenvalue weighted by Gasteiger charge is 2.34. The van der Waals surface area contributed by atoms with Crippen molar-refractivity contribution in [2.75, 3.05) is 17.4 Å². The van der Waals surface area contributed by atoms with Crippen LogP contribution in [-0.4, -0.2) is 44.3 Å². The third-order valence-electron chi connectivity index (χ3n) is 7.56. The summed E-state index contributed by atoms with van der Waals surface area (Å²) in [6.07, 6.45) is 0.255. The molecule has 4 aromatic rings. The predicted octanol–water partition coefficient (Wildman–Crippen LogP) is 6.24. The molecule has 1 N–H and O–H groups in total. The van der Waals surface area contributed by atoms with Gasteiger partial charge in [-0.3, -0.25) is 13.9 Å². The van der Waals surface area contributed by atoms with Gasteiger partial charge in [0.15, 0.2) is 0 Å². The summed E-state index contributed by atoms with van der Waals surface area (Å²) in [7, 11) is -4.20. The minimum absolute atomic E-state index is 0.0441. The Hall–Kier alpha value is -4.14. The summed E-state index contributed by atoms with van der Waals surface area (Å²) in [6, 6.07) is 27.6. The number of carbonyl (C=O) groups excluding carboxylic acids is 2. The number of nitrogens with zero attached hydrogens (tertiary/aromatic N) is 2. The number of benzene rings is 4. The number of amides is 2. The zero-order valence-corrected chi connectivity index (χ0v) is 27.0. The van der Waals surface area contributed by atoms with Gasteiger partial charge in [0.2, 0.25) is 11.8 Å². The number of nitrogens with one attached hydrogen (secondary N) is 1. The highest BCUT2D eigenvalue weighted by atomic mass is 35.5. The van der Waals surface area contributed by atoms with Crippen molar-refractivity contribution in [2.45, 2.75) is 51.6 Å². The van der Waals surface area contributed by atoms with Gasteiger partial charge in [0, 0.05) is 24.5 Å². The van der Waals surface area contributed by atoms with E-state index in [1.54, 1.807) is 30.3 Å². The average molecular weight is 632 g/mol. The number of aryl methyl sites for hydroxylation is 3. The van der Waals surface area contributed by atoms with Crippen LogP contribution in [0.2, 0.25) is 5.02 Å². The van der Waals surface area contributed by atoms with Crippen LogP contribution >= 0.6 is 11.6 Å². The van der Waals surface area contributed by atoms with Gasteiger partial charge in [-0.1, -0.05) is 90.0 Å². The van der Waals surface area contributed by atoms with Gasteiger partial charge in [0.05, 0.1) is 10.6 Å². The molecular weight excluding hydrogens is 594 g/mol. The number of hydrogen-bond donors (Lipinski definition) is 1. The maximum Gasteiger partial charge on any atom is 0.264 e. The van der Waals surface area contributed by atoms with Crippen LogP contribution in [0, 0.1) is 20.8 Å². The minimum atomic E-state index is -4.20. The summed E-state index contributed by atoms with van der Waals surface area (Å²) in [4.78, 5) is 29.6. The van der Waals surface area contributed by atoms with Crippen LogP contribution in [0.4, 0.5) is 5.69 Å². The number of sulfonamides is 1. The van der Waals surface area contributed by atoms with E-state index in [-0.39, 0.29) is 29.5 Å². The van der Waals surface area contributed by atoms with Crippen molar-refractivity contribution in [1.82, 2.24) is 10.2 Å². The molecule has 44 heavy (non-hydrogen) atoms. The van der Waals surface area contributed by atoms with E-state index in [2.05, 4.69) is 5.32 Å². The summed E-state index contributed by atoms with van der Waals surface area (Å²) in [5.41, 5.74) is 4.61. The zero-order valence-electron chi connectivity index (χ0n) is 25.5. The minimum Gasteiger partial charge on any atom is -0.355 e. The van der Waals surface area contributed by atoms with E-state index in [4.69, 9.17) is 11.6 Å². The molecule has 0 aliphatic heterocycles. The van der Waals surface area contributed by atoms with Gasteiger partial charge in [-0.15, -0.1) is 0 Å². The van der Waals surface area contributed by atoms with Crippen molar-refractivity contribution in [2.24, 2.45) is 0 Å². The van der Waals surface area contributed by atoms with Crippen LogP contribution in [0.1, 0.15) is 34.7 Å². The number of hydrogen-bond acceptors (Lipinski definition) is 4. The molecule has 0 spiro atoms. The van der Waals surface area contributed by atoms with Gasteiger partial charge in [0.25, 0.3) is 10.0 Å². The van der Waals surface area contributed by atoms with E-state index in [1.165, 1.54) is 17.0 Å². The fraction of sp³-hybridized carbons (Fsp3) is 0.257. The molecule has 0 fully saturated rings. The first-order chi connectivity index (χ1) is 21.0. The molecular formula is C35H38ClN3O4S. The molecule has 0 aliphatic rings. The van der Waals surface area contributed by atoms with E-state index < -0.39 is 28.5 Å². The Balaban J connectivity index is 1.82. The first-order valence-electron chi connectivity index (χ1n) is 14.5. The third-order valence-corrected chi connectivity index (χ3v) is 9.75. The lowest BCUT2D eigenvalue weighted by Gasteiger charge is -2.34. The molecule has 0 radical (unpaired) electrons. The molecule has 0 bridgehead atoms. The van der Waals surface area contributed by atoms with Gasteiger partial charge in [-0.2, -0.15) is 0 Å². The quantitative estimate of drug-likeness (QED) is 0.201. The maximum absolute atomic E-state index is 14.5. The Kier molecular flexibility index (Phi) is 10.8. The summed E-state index contributed by atoms with van der Waals surface area (Å²) < 4.78 is 29.4. The highest BCUT2D eigenvalue weighted by Crippen LogP contribution is 2.29. The van der Waals surface area contributed by atoms with Crippen LogP contribution in [-0.2, 0) is 32.6 Å². The first-order valence-corrected chi connectivity index (χ1v) is 16.3. The van der Waals surface area contributed by atoms with Crippen molar-refractivity contribution < 1.29 is 18.0 Å². The molecule has 9 heteroatoms. The van der Waals surface area contributed by atoms with Crippen molar-refractivity contribution >= 4 is 39.1 Å². The number of likely N-dealkylation sites (N-methyl/N-ethyl adjacent to an activating group) is 1. The Morgan fingerprint density at radius 1 is 0.841 bits per heavy atom. The molecule has 2 amide bonds.